The van der Waals surface area contributed by atoms with Crippen LogP contribution < -0.4 is 0 Å². The molecule has 5 heteroatoms. The fourth-order valence-electron chi connectivity index (χ4n) is 0. The van der Waals surface area contributed by atoms with Gasteiger partial charge in [0.2, 0.25) is 0 Å². The Hall–Kier alpha value is 0.143. The van der Waals surface area contributed by atoms with E-state index in [9.17, 15) is 0 Å². The SMILES string of the molecule is OCCO.[O]=[Ru]=[O]. The summed E-state index contributed by atoms with van der Waals surface area (Å²) in [5.74, 6) is 0. The van der Waals surface area contributed by atoms with Crippen molar-refractivity contribution in [3.8, 4) is 0 Å². The van der Waals surface area contributed by atoms with Crippen LogP contribution in [-0.2, 0) is 24.2 Å². The Bertz CT molecular complexity index is 45.7. The van der Waals surface area contributed by atoms with Crippen molar-refractivity contribution in [2.75, 3.05) is 13.2 Å². The van der Waals surface area contributed by atoms with Gasteiger partial charge in [0.1, 0.15) is 0 Å². The fourth-order valence-corrected chi connectivity index (χ4v) is 0. The van der Waals surface area contributed by atoms with Gasteiger partial charge in [0.05, 0.1) is 13.2 Å². The summed E-state index contributed by atoms with van der Waals surface area (Å²) in [5, 5.41) is 15.2. The summed E-state index contributed by atoms with van der Waals surface area (Å²) < 4.78 is 16.9. The number of aliphatic hydroxyl groups is 2. The molecule has 0 spiro atoms. The molecule has 0 saturated heterocycles. The molecule has 2 N–H and O–H groups in total. The molecular weight excluding hydrogens is 189 g/mol. The van der Waals surface area contributed by atoms with Gasteiger partial charge in [-0.15, -0.1) is 0 Å². The van der Waals surface area contributed by atoms with E-state index < -0.39 is 17.0 Å². The fraction of sp³-hybridized carbons (Fsp3) is 1.00. The van der Waals surface area contributed by atoms with Crippen molar-refractivity contribution in [3.63, 3.8) is 0 Å². The predicted octanol–water partition coefficient (Wildman–Crippen LogP) is -1.27. The van der Waals surface area contributed by atoms with Crippen LogP contribution in [0.5, 0.6) is 0 Å². The van der Waals surface area contributed by atoms with Crippen molar-refractivity contribution in [1.29, 1.82) is 0 Å². The third-order valence-corrected chi connectivity index (χ3v) is 0.1000. The van der Waals surface area contributed by atoms with Crippen molar-refractivity contribution in [1.82, 2.24) is 0 Å². The second-order valence-electron chi connectivity index (χ2n) is 0.506. The normalized spacial score (nSPS) is 6.57. The summed E-state index contributed by atoms with van der Waals surface area (Å²) in [5.41, 5.74) is 0. The van der Waals surface area contributed by atoms with Crippen LogP contribution in [0.25, 0.3) is 0 Å². The van der Waals surface area contributed by atoms with Crippen molar-refractivity contribution in [2.24, 2.45) is 0 Å². The van der Waals surface area contributed by atoms with Gasteiger partial charge in [-0.05, 0) is 0 Å². The minimum absolute atomic E-state index is 0.125. The molecule has 0 aliphatic rings. The van der Waals surface area contributed by atoms with Gasteiger partial charge < -0.3 is 10.2 Å². The molecule has 0 aliphatic carbocycles. The Kier molecular flexibility index (Phi) is 23.9. The van der Waals surface area contributed by atoms with Crippen molar-refractivity contribution in [2.45, 2.75) is 0 Å². The van der Waals surface area contributed by atoms with Crippen LogP contribution in [0, 0.1) is 0 Å². The molecule has 0 radical (unpaired) electrons. The summed E-state index contributed by atoms with van der Waals surface area (Å²) in [6.45, 7) is -0.250. The molecule has 0 bridgehead atoms. The molecule has 0 aromatic carbocycles. The number of hydrogen-bond donors (Lipinski definition) is 2. The van der Waals surface area contributed by atoms with E-state index >= 15 is 0 Å². The van der Waals surface area contributed by atoms with Crippen LogP contribution in [0.1, 0.15) is 0 Å². The van der Waals surface area contributed by atoms with Crippen LogP contribution >= 0.6 is 0 Å². The molecule has 7 heavy (non-hydrogen) atoms. The molecule has 0 amide bonds. The first-order valence-electron chi connectivity index (χ1n) is 1.42. The number of aliphatic hydroxyl groups excluding tert-OH is 2. The Morgan fingerprint density at radius 2 is 1.29 bits per heavy atom. The van der Waals surface area contributed by atoms with Gasteiger partial charge in [-0.3, -0.25) is 0 Å². The Morgan fingerprint density at radius 1 is 1.14 bits per heavy atom. The topological polar surface area (TPSA) is 74.6 Å². The summed E-state index contributed by atoms with van der Waals surface area (Å²) >= 11 is -1.79. The maximum absolute atomic E-state index is 8.46. The van der Waals surface area contributed by atoms with Crippen molar-refractivity contribution in [3.05, 3.63) is 0 Å². The molecule has 0 fully saturated rings. The standard InChI is InChI=1S/C2H6O2.2O.Ru/c3-1-2-4;;;/h3-4H,1-2H2;;;. The van der Waals surface area contributed by atoms with E-state index in [4.69, 9.17) is 17.4 Å². The van der Waals surface area contributed by atoms with E-state index in [-0.39, 0.29) is 13.2 Å². The van der Waals surface area contributed by atoms with E-state index in [0.29, 0.717) is 0 Å². The third-order valence-electron chi connectivity index (χ3n) is 0.1000. The molecular formula is C2H6O4Ru. The van der Waals surface area contributed by atoms with E-state index in [1.54, 1.807) is 0 Å². The average Bonchev–Trinajstić information content (AvgIpc) is 1.69. The van der Waals surface area contributed by atoms with Crippen LogP contribution in [0.4, 0.5) is 0 Å². The molecule has 0 rings (SSSR count). The molecule has 46 valence electrons. The first-order valence-corrected chi connectivity index (χ1v) is 2.84. The van der Waals surface area contributed by atoms with E-state index in [1.807, 2.05) is 0 Å². The first-order chi connectivity index (χ1) is 3.33. The van der Waals surface area contributed by atoms with Crippen LogP contribution in [0.15, 0.2) is 0 Å². The molecule has 0 atom stereocenters. The zero-order chi connectivity index (χ0) is 6.12. The van der Waals surface area contributed by atoms with Gasteiger partial charge in [-0.2, -0.15) is 0 Å². The zero-order valence-corrected chi connectivity index (χ0v) is 5.22. The van der Waals surface area contributed by atoms with Crippen LogP contribution in [0.3, 0.4) is 0 Å². The average molecular weight is 195 g/mol. The summed E-state index contributed by atoms with van der Waals surface area (Å²) in [6.07, 6.45) is 0. The molecule has 0 aliphatic heterocycles. The monoisotopic (exact) mass is 196 g/mol. The van der Waals surface area contributed by atoms with Gasteiger partial charge in [-0.25, -0.2) is 0 Å². The van der Waals surface area contributed by atoms with Gasteiger partial charge in [0, 0.05) is 0 Å². The molecule has 0 heterocycles. The van der Waals surface area contributed by atoms with Gasteiger partial charge in [0.15, 0.2) is 0 Å². The number of rotatable bonds is 1. The van der Waals surface area contributed by atoms with Gasteiger partial charge >= 0.3 is 24.2 Å². The van der Waals surface area contributed by atoms with Crippen LogP contribution in [-0.4, -0.2) is 23.4 Å². The van der Waals surface area contributed by atoms with Crippen molar-refractivity contribution >= 4 is 0 Å². The van der Waals surface area contributed by atoms with Gasteiger partial charge in [0.25, 0.3) is 0 Å². The minimum atomic E-state index is -1.79. The molecule has 0 unspecified atom stereocenters. The summed E-state index contributed by atoms with van der Waals surface area (Å²) in [6, 6.07) is 0. The van der Waals surface area contributed by atoms with E-state index in [1.165, 1.54) is 0 Å². The Morgan fingerprint density at radius 3 is 1.29 bits per heavy atom. The molecule has 0 aromatic heterocycles. The Balaban J connectivity index is 0. The summed E-state index contributed by atoms with van der Waals surface area (Å²) in [4.78, 5) is 0. The van der Waals surface area contributed by atoms with Crippen molar-refractivity contribution < 1.29 is 34.4 Å². The maximum atomic E-state index is 8.46. The zero-order valence-electron chi connectivity index (χ0n) is 3.48. The van der Waals surface area contributed by atoms with E-state index in [2.05, 4.69) is 0 Å². The second kappa shape index (κ2) is 16.4. The molecule has 0 aromatic rings. The predicted molar refractivity (Wildman–Crippen MR) is 15.5 cm³/mol. The molecule has 4 nitrogen and oxygen atoms in total. The second-order valence-corrected chi connectivity index (χ2v) is 0.796. The molecule has 0 saturated carbocycles. The van der Waals surface area contributed by atoms with Gasteiger partial charge in [-0.1, -0.05) is 0 Å². The van der Waals surface area contributed by atoms with Crippen LogP contribution in [0.2, 0.25) is 0 Å². The first kappa shape index (κ1) is 10.2. The Labute approximate surface area is 48.3 Å². The third kappa shape index (κ3) is 80.7. The summed E-state index contributed by atoms with van der Waals surface area (Å²) in [7, 11) is 0. The quantitative estimate of drug-likeness (QED) is 0.511. The van der Waals surface area contributed by atoms with E-state index in [0.717, 1.165) is 0 Å². The number of hydrogen-bond acceptors (Lipinski definition) is 4.